The van der Waals surface area contributed by atoms with E-state index in [9.17, 15) is 0 Å². The van der Waals surface area contributed by atoms with Gasteiger partial charge >= 0.3 is 0 Å². The molecule has 102 valence electrons. The van der Waals surface area contributed by atoms with Crippen LogP contribution in [0.15, 0.2) is 49.7 Å². The van der Waals surface area contributed by atoms with Crippen molar-refractivity contribution in [1.82, 2.24) is 10.3 Å². The van der Waals surface area contributed by atoms with Gasteiger partial charge in [0, 0.05) is 29.6 Å². The van der Waals surface area contributed by atoms with Crippen molar-refractivity contribution in [2.24, 2.45) is 0 Å². The molecule has 0 radical (unpaired) electrons. The lowest BCUT2D eigenvalue weighted by atomic mass is 10.2. The molecule has 1 heterocycles. The van der Waals surface area contributed by atoms with Crippen LogP contribution in [0.1, 0.15) is 5.56 Å². The lowest BCUT2D eigenvalue weighted by molar-refractivity contribution is 0.199. The summed E-state index contributed by atoms with van der Waals surface area (Å²) in [5.74, 6) is 0. The van der Waals surface area contributed by atoms with Gasteiger partial charge in [0.25, 0.3) is 5.22 Å². The van der Waals surface area contributed by atoms with E-state index >= 15 is 0 Å². The van der Waals surface area contributed by atoms with E-state index in [1.165, 1.54) is 17.3 Å². The predicted molar refractivity (Wildman–Crippen MR) is 78.4 cm³/mol. The summed E-state index contributed by atoms with van der Waals surface area (Å²) in [6.45, 7) is 2.31. The van der Waals surface area contributed by atoms with Gasteiger partial charge in [0.15, 0.2) is 0 Å². The van der Waals surface area contributed by atoms with Gasteiger partial charge in [-0.2, -0.15) is 0 Å². The molecule has 6 heteroatoms. The van der Waals surface area contributed by atoms with Crippen molar-refractivity contribution in [2.45, 2.75) is 16.7 Å². The lowest BCUT2D eigenvalue weighted by Crippen LogP contribution is -2.18. The van der Waals surface area contributed by atoms with Gasteiger partial charge in [0.1, 0.15) is 6.26 Å². The smallest absolute Gasteiger partial charge is 0.260 e. The molecule has 1 aromatic carbocycles. The molecular formula is C13H15BrN2O2S. The van der Waals surface area contributed by atoms with Crippen LogP contribution >= 0.6 is 27.7 Å². The fourth-order valence-corrected chi connectivity index (χ4v) is 2.75. The molecule has 0 fully saturated rings. The Morgan fingerprint density at radius 2 is 2.37 bits per heavy atom. The molecule has 1 aromatic heterocycles. The molecule has 0 aliphatic heterocycles. The second-order valence-corrected chi connectivity index (χ2v) is 5.73. The number of nitrogens with one attached hydrogen (secondary N) is 1. The molecule has 2 aromatic rings. The molecule has 0 unspecified atom stereocenters. The number of oxazole rings is 1. The molecule has 0 bridgehead atoms. The average Bonchev–Trinajstić information content (AvgIpc) is 2.90. The van der Waals surface area contributed by atoms with Crippen LogP contribution in [0.3, 0.4) is 0 Å². The highest BCUT2D eigenvalue weighted by molar-refractivity contribution is 9.10. The highest BCUT2D eigenvalue weighted by Gasteiger charge is 2.08. The maximum atomic E-state index is 5.27. The van der Waals surface area contributed by atoms with E-state index in [2.05, 4.69) is 38.4 Å². The third-order valence-corrected chi connectivity index (χ3v) is 3.92. The minimum Gasteiger partial charge on any atom is -0.440 e. The Bertz CT molecular complexity index is 505. The van der Waals surface area contributed by atoms with Gasteiger partial charge in [-0.05, 0) is 35.5 Å². The van der Waals surface area contributed by atoms with Crippen LogP contribution < -0.4 is 5.32 Å². The van der Waals surface area contributed by atoms with Crippen molar-refractivity contribution >= 4 is 27.7 Å². The van der Waals surface area contributed by atoms with Gasteiger partial charge in [-0.15, -0.1) is 0 Å². The zero-order chi connectivity index (χ0) is 13.5. The first-order chi connectivity index (χ1) is 9.29. The molecule has 19 heavy (non-hydrogen) atoms. The van der Waals surface area contributed by atoms with E-state index in [1.807, 2.05) is 6.07 Å². The van der Waals surface area contributed by atoms with Gasteiger partial charge in [-0.25, -0.2) is 4.98 Å². The van der Waals surface area contributed by atoms with E-state index in [0.717, 1.165) is 22.5 Å². The van der Waals surface area contributed by atoms with E-state index in [-0.39, 0.29) is 0 Å². The maximum absolute atomic E-state index is 5.27. The summed E-state index contributed by atoms with van der Waals surface area (Å²) < 4.78 is 11.3. The highest BCUT2D eigenvalue weighted by Crippen LogP contribution is 2.31. The Morgan fingerprint density at radius 3 is 3.11 bits per heavy atom. The van der Waals surface area contributed by atoms with Gasteiger partial charge in [-0.1, -0.05) is 15.9 Å². The summed E-state index contributed by atoms with van der Waals surface area (Å²) in [4.78, 5) is 5.26. The Labute approximate surface area is 125 Å². The number of hydrogen-bond acceptors (Lipinski definition) is 5. The molecule has 1 N–H and O–H groups in total. The summed E-state index contributed by atoms with van der Waals surface area (Å²) in [6.07, 6.45) is 3.23. The van der Waals surface area contributed by atoms with Crippen LogP contribution in [-0.2, 0) is 11.3 Å². The molecule has 0 amide bonds. The summed E-state index contributed by atoms with van der Waals surface area (Å²) >= 11 is 5.02. The van der Waals surface area contributed by atoms with Crippen LogP contribution in [0.4, 0.5) is 0 Å². The number of ether oxygens (including phenoxy) is 1. The number of hydrogen-bond donors (Lipinski definition) is 1. The average molecular weight is 343 g/mol. The standard InChI is InChI=1S/C13H15BrN2O2S/c1-17-6-4-15-9-10-8-11(14)2-3-12(10)19-13-16-5-7-18-13/h2-3,5,7-8,15H,4,6,9H2,1H3. The zero-order valence-corrected chi connectivity index (χ0v) is 13.0. The maximum Gasteiger partial charge on any atom is 0.260 e. The van der Waals surface area contributed by atoms with Crippen molar-refractivity contribution in [3.8, 4) is 0 Å². The third-order valence-electron chi connectivity index (χ3n) is 2.43. The SMILES string of the molecule is COCCNCc1cc(Br)ccc1Sc1ncco1. The second kappa shape index (κ2) is 7.69. The first-order valence-corrected chi connectivity index (χ1v) is 7.46. The van der Waals surface area contributed by atoms with Crippen molar-refractivity contribution in [3.05, 3.63) is 40.7 Å². The normalized spacial score (nSPS) is 10.8. The lowest BCUT2D eigenvalue weighted by Gasteiger charge is -2.09. The number of aromatic nitrogens is 1. The van der Waals surface area contributed by atoms with Crippen LogP contribution in [0.25, 0.3) is 0 Å². The Balaban J connectivity index is 2.04. The number of halogens is 1. The van der Waals surface area contributed by atoms with Crippen LogP contribution in [0, 0.1) is 0 Å². The first-order valence-electron chi connectivity index (χ1n) is 5.85. The Kier molecular flexibility index (Phi) is 5.91. The molecular weight excluding hydrogens is 328 g/mol. The fourth-order valence-electron chi connectivity index (χ4n) is 1.54. The summed E-state index contributed by atoms with van der Waals surface area (Å²) in [6, 6.07) is 6.18. The first kappa shape index (κ1) is 14.6. The van der Waals surface area contributed by atoms with Crippen LogP contribution in [0.2, 0.25) is 0 Å². The van der Waals surface area contributed by atoms with Gasteiger partial charge < -0.3 is 14.5 Å². The summed E-state index contributed by atoms with van der Waals surface area (Å²) in [7, 11) is 1.70. The van der Waals surface area contributed by atoms with Gasteiger partial charge in [0.05, 0.1) is 12.8 Å². The minimum atomic E-state index is 0.653. The molecule has 4 nitrogen and oxygen atoms in total. The second-order valence-electron chi connectivity index (χ2n) is 3.82. The van der Waals surface area contributed by atoms with Crippen molar-refractivity contribution < 1.29 is 9.15 Å². The van der Waals surface area contributed by atoms with E-state index < -0.39 is 0 Å². The molecule has 0 spiro atoms. The largest absolute Gasteiger partial charge is 0.440 e. The number of nitrogens with zero attached hydrogens (tertiary/aromatic N) is 1. The van der Waals surface area contributed by atoms with Crippen LogP contribution in [-0.4, -0.2) is 25.2 Å². The zero-order valence-electron chi connectivity index (χ0n) is 10.6. The van der Waals surface area contributed by atoms with E-state index in [0.29, 0.717) is 11.8 Å². The molecule has 0 aliphatic carbocycles. The molecule has 0 aliphatic rings. The van der Waals surface area contributed by atoms with Crippen molar-refractivity contribution in [2.75, 3.05) is 20.3 Å². The van der Waals surface area contributed by atoms with Crippen molar-refractivity contribution in [1.29, 1.82) is 0 Å². The van der Waals surface area contributed by atoms with E-state index in [1.54, 1.807) is 19.6 Å². The predicted octanol–water partition coefficient (Wildman–Crippen LogP) is 3.32. The fraction of sp³-hybridized carbons (Fsp3) is 0.308. The minimum absolute atomic E-state index is 0.653. The van der Waals surface area contributed by atoms with Crippen molar-refractivity contribution in [3.63, 3.8) is 0 Å². The number of rotatable bonds is 7. The number of methoxy groups -OCH3 is 1. The Hall–Kier alpha value is -0.820. The summed E-state index contributed by atoms with van der Waals surface area (Å²) in [5, 5.41) is 3.99. The Morgan fingerprint density at radius 1 is 1.47 bits per heavy atom. The number of benzene rings is 1. The van der Waals surface area contributed by atoms with E-state index in [4.69, 9.17) is 9.15 Å². The van der Waals surface area contributed by atoms with Gasteiger partial charge in [0.2, 0.25) is 0 Å². The quantitative estimate of drug-likeness (QED) is 0.782. The highest BCUT2D eigenvalue weighted by atomic mass is 79.9. The summed E-state index contributed by atoms with van der Waals surface area (Å²) in [5.41, 5.74) is 1.20. The van der Waals surface area contributed by atoms with Gasteiger partial charge in [-0.3, -0.25) is 0 Å². The molecule has 0 saturated carbocycles. The molecule has 2 rings (SSSR count). The molecule has 0 saturated heterocycles. The van der Waals surface area contributed by atoms with Crippen LogP contribution in [0.5, 0.6) is 0 Å². The molecule has 0 atom stereocenters. The third kappa shape index (κ3) is 4.65. The topological polar surface area (TPSA) is 47.3 Å². The monoisotopic (exact) mass is 342 g/mol.